The van der Waals surface area contributed by atoms with E-state index in [9.17, 15) is 9.59 Å². The van der Waals surface area contributed by atoms with Crippen molar-refractivity contribution in [2.45, 2.75) is 65.5 Å². The predicted octanol–water partition coefficient (Wildman–Crippen LogP) is 2.21. The number of hydrogen-bond acceptors (Lipinski definition) is 6. The van der Waals surface area contributed by atoms with Crippen molar-refractivity contribution in [1.82, 2.24) is 19.9 Å². The van der Waals surface area contributed by atoms with Crippen molar-refractivity contribution in [2.75, 3.05) is 11.1 Å². The molecule has 1 fully saturated rings. The quantitative estimate of drug-likeness (QED) is 0.728. The Kier molecular flexibility index (Phi) is 5.96. The summed E-state index contributed by atoms with van der Waals surface area (Å²) in [6, 6.07) is 2.08. The zero-order chi connectivity index (χ0) is 20.3. The summed E-state index contributed by atoms with van der Waals surface area (Å²) < 4.78 is 1.54. The van der Waals surface area contributed by atoms with Crippen LogP contribution in [0.15, 0.2) is 17.1 Å². The van der Waals surface area contributed by atoms with Crippen LogP contribution >= 0.6 is 0 Å². The number of aryl methyl sites for hydroxylation is 2. The molecule has 2 aromatic heterocycles. The zero-order valence-electron chi connectivity index (χ0n) is 16.7. The van der Waals surface area contributed by atoms with E-state index in [1.165, 1.54) is 30.8 Å². The van der Waals surface area contributed by atoms with E-state index >= 15 is 0 Å². The Balaban J connectivity index is 2.00. The van der Waals surface area contributed by atoms with E-state index in [0.29, 0.717) is 23.7 Å². The zero-order valence-corrected chi connectivity index (χ0v) is 16.7. The van der Waals surface area contributed by atoms with Gasteiger partial charge in [-0.15, -0.1) is 0 Å². The Bertz CT molecular complexity index is 931. The Morgan fingerprint density at radius 2 is 2.00 bits per heavy atom. The van der Waals surface area contributed by atoms with Gasteiger partial charge in [-0.25, -0.2) is 9.97 Å². The highest BCUT2D eigenvalue weighted by molar-refractivity contribution is 5.73. The molecule has 150 valence electrons. The van der Waals surface area contributed by atoms with E-state index < -0.39 is 0 Å². The lowest BCUT2D eigenvalue weighted by atomic mass is 9.95. The van der Waals surface area contributed by atoms with Gasteiger partial charge >= 0.3 is 0 Å². The van der Waals surface area contributed by atoms with E-state index in [2.05, 4.69) is 20.6 Å². The van der Waals surface area contributed by atoms with Gasteiger partial charge in [0.05, 0.1) is 5.69 Å². The molecule has 8 heteroatoms. The summed E-state index contributed by atoms with van der Waals surface area (Å²) in [4.78, 5) is 33.1. The summed E-state index contributed by atoms with van der Waals surface area (Å²) in [6.45, 7) is 5.43. The molecule has 28 heavy (non-hydrogen) atoms. The molecule has 1 amide bonds. The maximum Gasteiger partial charge on any atom is 0.298 e. The molecular formula is C20H28N6O2. The fourth-order valence-corrected chi connectivity index (χ4v) is 3.61. The smallest absolute Gasteiger partial charge is 0.298 e. The number of hydrogen-bond donors (Lipinski definition) is 3. The molecule has 0 atom stereocenters. The van der Waals surface area contributed by atoms with E-state index in [1.54, 1.807) is 6.20 Å². The lowest BCUT2D eigenvalue weighted by Gasteiger charge is -2.23. The van der Waals surface area contributed by atoms with E-state index in [-0.39, 0.29) is 23.3 Å². The van der Waals surface area contributed by atoms with Crippen molar-refractivity contribution in [3.8, 4) is 5.69 Å². The number of aromatic nitrogens is 3. The molecule has 2 aromatic rings. The summed E-state index contributed by atoms with van der Waals surface area (Å²) >= 11 is 0. The summed E-state index contributed by atoms with van der Waals surface area (Å²) in [5, 5.41) is 6.07. The minimum atomic E-state index is -0.242. The molecular weight excluding hydrogens is 356 g/mol. The maximum absolute atomic E-state index is 13.2. The standard InChI is InChI=1S/C20H28N6O2/c1-12-10-23-19(25-16-7-5-4-6-8-16)20(28)26(12)17-9-15(11-22-14(3)27)13(2)24-18(17)21/h9-10,16H,4-8,11H2,1-3H3,(H2,21,24)(H,22,27)(H,23,25). The minimum absolute atomic E-state index is 0.131. The number of anilines is 2. The molecule has 8 nitrogen and oxygen atoms in total. The molecule has 0 saturated heterocycles. The van der Waals surface area contributed by atoms with Gasteiger partial charge in [0.2, 0.25) is 5.91 Å². The summed E-state index contributed by atoms with van der Waals surface area (Å²) in [6.07, 6.45) is 7.33. The number of carbonyl (C=O) groups excluding carboxylic acids is 1. The van der Waals surface area contributed by atoms with Crippen LogP contribution in [-0.4, -0.2) is 26.5 Å². The predicted molar refractivity (Wildman–Crippen MR) is 110 cm³/mol. The third-order valence-electron chi connectivity index (χ3n) is 5.18. The SMILES string of the molecule is CC(=O)NCc1cc(-n2c(C)cnc(NC3CCCCC3)c2=O)c(N)nc1C. The van der Waals surface area contributed by atoms with Gasteiger partial charge in [-0.3, -0.25) is 14.2 Å². The average molecular weight is 384 g/mol. The normalized spacial score (nSPS) is 14.7. The number of rotatable bonds is 5. The molecule has 1 saturated carbocycles. The van der Waals surface area contributed by atoms with Crippen LogP contribution in [-0.2, 0) is 11.3 Å². The monoisotopic (exact) mass is 384 g/mol. The second kappa shape index (κ2) is 8.41. The number of amides is 1. The highest BCUT2D eigenvalue weighted by Crippen LogP contribution is 2.22. The second-order valence-electron chi connectivity index (χ2n) is 7.42. The van der Waals surface area contributed by atoms with Crippen molar-refractivity contribution in [2.24, 2.45) is 0 Å². The largest absolute Gasteiger partial charge is 0.382 e. The minimum Gasteiger partial charge on any atom is -0.382 e. The Labute approximate surface area is 164 Å². The van der Waals surface area contributed by atoms with E-state index in [4.69, 9.17) is 5.73 Å². The van der Waals surface area contributed by atoms with Gasteiger partial charge in [-0.05, 0) is 38.3 Å². The molecule has 2 heterocycles. The van der Waals surface area contributed by atoms with Crippen LogP contribution in [0.1, 0.15) is 56.0 Å². The van der Waals surface area contributed by atoms with Crippen LogP contribution in [0, 0.1) is 13.8 Å². The van der Waals surface area contributed by atoms with Crippen molar-refractivity contribution in [1.29, 1.82) is 0 Å². The molecule has 0 aromatic carbocycles. The van der Waals surface area contributed by atoms with Crippen LogP contribution in [0.25, 0.3) is 5.69 Å². The van der Waals surface area contributed by atoms with E-state index in [0.717, 1.165) is 24.1 Å². The van der Waals surface area contributed by atoms with E-state index in [1.807, 2.05) is 19.9 Å². The number of nitrogens with zero attached hydrogens (tertiary/aromatic N) is 3. The lowest BCUT2D eigenvalue weighted by Crippen LogP contribution is -2.31. The van der Waals surface area contributed by atoms with Crippen LogP contribution in [0.5, 0.6) is 0 Å². The van der Waals surface area contributed by atoms with Gasteiger partial charge in [0.1, 0.15) is 5.82 Å². The first kappa shape index (κ1) is 19.9. The fraction of sp³-hybridized carbons (Fsp3) is 0.500. The van der Waals surface area contributed by atoms with Crippen LogP contribution in [0.3, 0.4) is 0 Å². The highest BCUT2D eigenvalue weighted by atomic mass is 16.1. The summed E-state index contributed by atoms with van der Waals surface area (Å²) in [7, 11) is 0. The third kappa shape index (κ3) is 4.32. The van der Waals surface area contributed by atoms with Crippen LogP contribution < -0.4 is 21.9 Å². The Hall–Kier alpha value is -2.90. The molecule has 0 bridgehead atoms. The van der Waals surface area contributed by atoms with Gasteiger partial charge in [0, 0.05) is 37.1 Å². The number of nitrogens with two attached hydrogens (primary N) is 1. The van der Waals surface area contributed by atoms with Gasteiger partial charge in [-0.2, -0.15) is 0 Å². The summed E-state index contributed by atoms with van der Waals surface area (Å²) in [5.41, 5.74) is 8.61. The molecule has 1 aliphatic carbocycles. The van der Waals surface area contributed by atoms with Gasteiger partial charge in [0.25, 0.3) is 5.56 Å². The van der Waals surface area contributed by atoms with Crippen molar-refractivity contribution < 1.29 is 4.79 Å². The van der Waals surface area contributed by atoms with Crippen molar-refractivity contribution in [3.05, 3.63) is 39.6 Å². The number of nitrogens with one attached hydrogen (secondary N) is 2. The summed E-state index contributed by atoms with van der Waals surface area (Å²) in [5.74, 6) is 0.471. The first-order valence-corrected chi connectivity index (χ1v) is 9.73. The fourth-order valence-electron chi connectivity index (χ4n) is 3.61. The molecule has 0 unspecified atom stereocenters. The Morgan fingerprint density at radius 1 is 1.29 bits per heavy atom. The third-order valence-corrected chi connectivity index (χ3v) is 5.18. The molecule has 0 radical (unpaired) electrons. The van der Waals surface area contributed by atoms with Crippen molar-refractivity contribution in [3.63, 3.8) is 0 Å². The number of nitrogen functional groups attached to an aromatic ring is 1. The lowest BCUT2D eigenvalue weighted by molar-refractivity contribution is -0.119. The van der Waals surface area contributed by atoms with Crippen LogP contribution in [0.2, 0.25) is 0 Å². The molecule has 0 aliphatic heterocycles. The number of pyridine rings is 1. The molecule has 3 rings (SSSR count). The second-order valence-corrected chi connectivity index (χ2v) is 7.42. The first-order chi connectivity index (χ1) is 13.4. The van der Waals surface area contributed by atoms with Crippen molar-refractivity contribution >= 4 is 17.5 Å². The first-order valence-electron chi connectivity index (χ1n) is 9.73. The number of carbonyl (C=O) groups is 1. The van der Waals surface area contributed by atoms with Gasteiger partial charge in [-0.1, -0.05) is 19.3 Å². The Morgan fingerprint density at radius 3 is 2.68 bits per heavy atom. The maximum atomic E-state index is 13.2. The van der Waals surface area contributed by atoms with Gasteiger partial charge < -0.3 is 16.4 Å². The van der Waals surface area contributed by atoms with Crippen LogP contribution in [0.4, 0.5) is 11.6 Å². The highest BCUT2D eigenvalue weighted by Gasteiger charge is 2.19. The molecule has 1 aliphatic rings. The van der Waals surface area contributed by atoms with Gasteiger partial charge in [0.15, 0.2) is 5.82 Å². The average Bonchev–Trinajstić information content (AvgIpc) is 2.65. The molecule has 0 spiro atoms. The topological polar surface area (TPSA) is 115 Å². The molecule has 4 N–H and O–H groups in total.